The van der Waals surface area contributed by atoms with Gasteiger partial charge in [-0.3, -0.25) is 4.79 Å². The van der Waals surface area contributed by atoms with E-state index in [2.05, 4.69) is 0 Å². The van der Waals surface area contributed by atoms with Crippen LogP contribution in [0.15, 0.2) is 18.2 Å². The van der Waals surface area contributed by atoms with Crippen LogP contribution in [0, 0.1) is 0 Å². The minimum atomic E-state index is -0.645. The zero-order chi connectivity index (χ0) is 13.5. The van der Waals surface area contributed by atoms with Gasteiger partial charge in [0.1, 0.15) is 5.60 Å². The summed E-state index contributed by atoms with van der Waals surface area (Å²) in [6.07, 6.45) is -0.469. The first kappa shape index (κ1) is 12.9. The largest absolute Gasteiger partial charge is 0.443 e. The van der Waals surface area contributed by atoms with Crippen LogP contribution in [0.4, 0.5) is 10.5 Å². The fourth-order valence-corrected chi connectivity index (χ4v) is 1.99. The lowest BCUT2D eigenvalue weighted by Gasteiger charge is -2.23. The Morgan fingerprint density at radius 2 is 2.06 bits per heavy atom. The number of hydrogen-bond donors (Lipinski definition) is 0. The molecule has 0 saturated heterocycles. The van der Waals surface area contributed by atoms with E-state index >= 15 is 0 Å². The molecule has 96 valence electrons. The predicted octanol–water partition coefficient (Wildman–Crippen LogP) is 3.16. The molecule has 1 aliphatic rings. The van der Waals surface area contributed by atoms with E-state index in [1.54, 1.807) is 39.0 Å². The monoisotopic (exact) mass is 267 g/mol. The Balaban J connectivity index is 2.31. The summed E-state index contributed by atoms with van der Waals surface area (Å²) in [5.74, 6) is -0.290. The number of hydrogen-bond acceptors (Lipinski definition) is 3. The summed E-state index contributed by atoms with van der Waals surface area (Å²) in [6, 6.07) is 5.00. The maximum absolute atomic E-state index is 12.0. The van der Waals surface area contributed by atoms with Crippen LogP contribution in [0.1, 0.15) is 26.3 Å². The van der Waals surface area contributed by atoms with Crippen molar-refractivity contribution in [1.29, 1.82) is 0 Å². The van der Waals surface area contributed by atoms with E-state index in [0.717, 1.165) is 10.5 Å². The molecule has 18 heavy (non-hydrogen) atoms. The van der Waals surface area contributed by atoms with E-state index in [0.29, 0.717) is 10.7 Å². The van der Waals surface area contributed by atoms with Gasteiger partial charge < -0.3 is 4.74 Å². The average Bonchev–Trinajstić information content (AvgIpc) is 2.50. The quantitative estimate of drug-likeness (QED) is 0.725. The number of rotatable bonds is 0. The Hall–Kier alpha value is -1.55. The van der Waals surface area contributed by atoms with Crippen LogP contribution in [0.25, 0.3) is 0 Å². The molecule has 2 amide bonds. The lowest BCUT2D eigenvalue weighted by molar-refractivity contribution is -0.117. The van der Waals surface area contributed by atoms with E-state index in [4.69, 9.17) is 16.3 Å². The van der Waals surface area contributed by atoms with Gasteiger partial charge in [0.15, 0.2) is 0 Å². The molecular weight excluding hydrogens is 254 g/mol. The first-order valence-electron chi connectivity index (χ1n) is 5.62. The topological polar surface area (TPSA) is 46.6 Å². The van der Waals surface area contributed by atoms with E-state index < -0.39 is 11.7 Å². The summed E-state index contributed by atoms with van der Waals surface area (Å²) < 4.78 is 5.21. The minimum Gasteiger partial charge on any atom is -0.443 e. The van der Waals surface area contributed by atoms with Crippen LogP contribution in [0.3, 0.4) is 0 Å². The standard InChI is InChI=1S/C13H14ClNO3/c1-13(2,3)18-12(17)15-10-5-4-9(14)6-8(10)7-11(15)16/h4-6H,7H2,1-3H3. The molecule has 1 aliphatic heterocycles. The van der Waals surface area contributed by atoms with Crippen molar-refractivity contribution in [3.63, 3.8) is 0 Å². The van der Waals surface area contributed by atoms with Crippen LogP contribution in [0.5, 0.6) is 0 Å². The van der Waals surface area contributed by atoms with Crippen LogP contribution in [-0.2, 0) is 16.0 Å². The Morgan fingerprint density at radius 3 is 2.67 bits per heavy atom. The highest BCUT2D eigenvalue weighted by molar-refractivity contribution is 6.31. The smallest absolute Gasteiger partial charge is 0.421 e. The van der Waals surface area contributed by atoms with E-state index in [1.807, 2.05) is 0 Å². The van der Waals surface area contributed by atoms with Gasteiger partial charge >= 0.3 is 6.09 Å². The van der Waals surface area contributed by atoms with Crippen molar-refractivity contribution in [3.05, 3.63) is 28.8 Å². The summed E-state index contributed by atoms with van der Waals surface area (Å²) >= 11 is 5.86. The van der Waals surface area contributed by atoms with Crippen molar-refractivity contribution in [2.75, 3.05) is 4.90 Å². The number of carbonyl (C=O) groups is 2. The summed E-state index contributed by atoms with van der Waals surface area (Å²) in [6.45, 7) is 5.27. The average molecular weight is 268 g/mol. The summed E-state index contributed by atoms with van der Waals surface area (Å²) in [5.41, 5.74) is 0.670. The van der Waals surface area contributed by atoms with Crippen molar-refractivity contribution >= 4 is 29.3 Å². The number of amides is 2. The fraction of sp³-hybridized carbons (Fsp3) is 0.385. The SMILES string of the molecule is CC(C)(C)OC(=O)N1C(=O)Cc2cc(Cl)ccc21. The van der Waals surface area contributed by atoms with Gasteiger partial charge in [-0.15, -0.1) is 0 Å². The van der Waals surface area contributed by atoms with Gasteiger partial charge in [0.05, 0.1) is 12.1 Å². The van der Waals surface area contributed by atoms with Gasteiger partial charge in [0.2, 0.25) is 5.91 Å². The highest BCUT2D eigenvalue weighted by Gasteiger charge is 2.35. The van der Waals surface area contributed by atoms with Crippen LogP contribution < -0.4 is 4.90 Å². The van der Waals surface area contributed by atoms with E-state index in [9.17, 15) is 9.59 Å². The van der Waals surface area contributed by atoms with Crippen molar-refractivity contribution in [3.8, 4) is 0 Å². The Bertz CT molecular complexity index is 519. The number of anilines is 1. The molecule has 0 aromatic heterocycles. The van der Waals surface area contributed by atoms with Crippen molar-refractivity contribution in [2.45, 2.75) is 32.8 Å². The summed E-state index contributed by atoms with van der Waals surface area (Å²) in [5, 5.41) is 0.549. The summed E-state index contributed by atoms with van der Waals surface area (Å²) in [7, 11) is 0. The van der Waals surface area contributed by atoms with Crippen molar-refractivity contribution in [2.24, 2.45) is 0 Å². The van der Waals surface area contributed by atoms with E-state index in [1.165, 1.54) is 0 Å². The Kier molecular flexibility index (Phi) is 3.07. The second-order valence-electron chi connectivity index (χ2n) is 5.16. The molecule has 1 aromatic rings. The van der Waals surface area contributed by atoms with Gasteiger partial charge in [-0.1, -0.05) is 11.6 Å². The van der Waals surface area contributed by atoms with Gasteiger partial charge in [-0.25, -0.2) is 9.69 Å². The van der Waals surface area contributed by atoms with Gasteiger partial charge in [-0.05, 0) is 44.5 Å². The lowest BCUT2D eigenvalue weighted by atomic mass is 10.2. The molecule has 1 aromatic carbocycles. The first-order chi connectivity index (χ1) is 8.28. The minimum absolute atomic E-state index is 0.176. The molecule has 5 heteroatoms. The van der Waals surface area contributed by atoms with Crippen molar-refractivity contribution in [1.82, 2.24) is 0 Å². The highest BCUT2D eigenvalue weighted by atomic mass is 35.5. The zero-order valence-corrected chi connectivity index (χ0v) is 11.2. The van der Waals surface area contributed by atoms with Gasteiger partial charge in [0, 0.05) is 5.02 Å². The molecular formula is C13H14ClNO3. The van der Waals surface area contributed by atoms with Crippen LogP contribution in [0.2, 0.25) is 5.02 Å². The maximum atomic E-state index is 12.0. The molecule has 0 N–H and O–H groups in total. The molecule has 0 radical (unpaired) electrons. The van der Waals surface area contributed by atoms with E-state index in [-0.39, 0.29) is 12.3 Å². The predicted molar refractivity (Wildman–Crippen MR) is 68.9 cm³/mol. The first-order valence-corrected chi connectivity index (χ1v) is 6.00. The molecule has 0 bridgehead atoms. The third kappa shape index (κ3) is 2.48. The third-order valence-electron chi connectivity index (χ3n) is 2.45. The molecule has 0 aliphatic carbocycles. The Morgan fingerprint density at radius 1 is 1.39 bits per heavy atom. The van der Waals surface area contributed by atoms with Crippen molar-refractivity contribution < 1.29 is 14.3 Å². The normalized spacial score (nSPS) is 14.7. The maximum Gasteiger partial charge on any atom is 0.421 e. The second-order valence-corrected chi connectivity index (χ2v) is 5.60. The number of nitrogens with zero attached hydrogens (tertiary/aromatic N) is 1. The number of imide groups is 1. The number of ether oxygens (including phenoxy) is 1. The molecule has 0 saturated carbocycles. The highest BCUT2D eigenvalue weighted by Crippen LogP contribution is 2.32. The molecule has 0 unspecified atom stereocenters. The number of halogens is 1. The molecule has 0 fully saturated rings. The molecule has 2 rings (SSSR count). The molecule has 1 heterocycles. The third-order valence-corrected chi connectivity index (χ3v) is 2.68. The zero-order valence-electron chi connectivity index (χ0n) is 10.5. The Labute approximate surface area is 110 Å². The second kappa shape index (κ2) is 4.28. The molecule has 4 nitrogen and oxygen atoms in total. The lowest BCUT2D eigenvalue weighted by Crippen LogP contribution is -2.38. The number of fused-ring (bicyclic) bond motifs is 1. The van der Waals surface area contributed by atoms with Gasteiger partial charge in [-0.2, -0.15) is 0 Å². The van der Waals surface area contributed by atoms with Crippen LogP contribution >= 0.6 is 11.6 Å². The number of carbonyl (C=O) groups excluding carboxylic acids is 2. The van der Waals surface area contributed by atoms with Gasteiger partial charge in [0.25, 0.3) is 0 Å². The van der Waals surface area contributed by atoms with Crippen LogP contribution in [-0.4, -0.2) is 17.6 Å². The fourth-order valence-electron chi connectivity index (χ4n) is 1.80. The molecule has 0 atom stereocenters. The summed E-state index contributed by atoms with van der Waals surface area (Å²) in [4.78, 5) is 24.9. The number of benzene rings is 1. The molecule has 0 spiro atoms.